The summed E-state index contributed by atoms with van der Waals surface area (Å²) in [5.41, 5.74) is 1.97. The van der Waals surface area contributed by atoms with Crippen LogP contribution in [-0.4, -0.2) is 58.8 Å². The number of methoxy groups -OCH3 is 1. The predicted octanol–water partition coefficient (Wildman–Crippen LogP) is 1.10. The number of aromatic nitrogens is 4. The summed E-state index contributed by atoms with van der Waals surface area (Å²) in [5.74, 6) is 1.57. The van der Waals surface area contributed by atoms with Crippen molar-refractivity contribution >= 4 is 23.2 Å². The number of ether oxygens (including phenoxy) is 1. The zero-order valence-electron chi connectivity index (χ0n) is 15.3. The summed E-state index contributed by atoms with van der Waals surface area (Å²) >= 11 is 0. The maximum absolute atomic E-state index is 12.6. The van der Waals surface area contributed by atoms with Gasteiger partial charge in [0.2, 0.25) is 5.88 Å². The van der Waals surface area contributed by atoms with Crippen LogP contribution in [-0.2, 0) is 0 Å². The average molecular weight is 367 g/mol. The van der Waals surface area contributed by atoms with Gasteiger partial charge in [0.25, 0.3) is 5.91 Å². The van der Waals surface area contributed by atoms with Gasteiger partial charge in [-0.05, 0) is 31.2 Å². The van der Waals surface area contributed by atoms with E-state index in [0.29, 0.717) is 17.3 Å². The van der Waals surface area contributed by atoms with Crippen LogP contribution in [0.15, 0.2) is 30.5 Å². The highest BCUT2D eigenvalue weighted by molar-refractivity contribution is 6.03. The van der Waals surface area contributed by atoms with Crippen LogP contribution in [0.2, 0.25) is 0 Å². The topological polar surface area (TPSA) is 96.7 Å². The minimum Gasteiger partial charge on any atom is -0.481 e. The number of piperazine rings is 1. The number of hydrogen-bond acceptors (Lipinski definition) is 7. The molecule has 0 radical (unpaired) electrons. The molecule has 9 nitrogen and oxygen atoms in total. The summed E-state index contributed by atoms with van der Waals surface area (Å²) in [7, 11) is 1.58. The van der Waals surface area contributed by atoms with E-state index in [9.17, 15) is 4.79 Å². The molecule has 0 spiro atoms. The van der Waals surface area contributed by atoms with E-state index >= 15 is 0 Å². The largest absolute Gasteiger partial charge is 0.481 e. The molecule has 3 aromatic rings. The van der Waals surface area contributed by atoms with Crippen molar-refractivity contribution in [2.45, 2.75) is 6.92 Å². The smallest absolute Gasteiger partial charge is 0.258 e. The highest BCUT2D eigenvalue weighted by atomic mass is 16.5. The molecule has 3 aromatic heterocycles. The summed E-state index contributed by atoms with van der Waals surface area (Å²) in [6.45, 7) is 5.51. The molecule has 1 amide bonds. The second-order valence-corrected chi connectivity index (χ2v) is 6.32. The Balaban J connectivity index is 1.50. The molecule has 4 rings (SSSR count). The monoisotopic (exact) mass is 367 g/mol. The fraction of sp³-hybridized carbons (Fsp3) is 0.333. The molecule has 0 unspecified atom stereocenters. The van der Waals surface area contributed by atoms with Crippen LogP contribution in [0.25, 0.3) is 5.65 Å². The SMILES string of the molecule is COc1c(C)nc2ccc(C(=O)Nc3ccc(N4CCNCC4)nn3)cn12. The van der Waals surface area contributed by atoms with Crippen molar-refractivity contribution < 1.29 is 9.53 Å². The zero-order chi connectivity index (χ0) is 18.8. The summed E-state index contributed by atoms with van der Waals surface area (Å²) in [6.07, 6.45) is 1.70. The first-order valence-corrected chi connectivity index (χ1v) is 8.79. The van der Waals surface area contributed by atoms with E-state index in [1.165, 1.54) is 0 Å². The molecule has 2 N–H and O–H groups in total. The van der Waals surface area contributed by atoms with Gasteiger partial charge < -0.3 is 20.3 Å². The number of amides is 1. The Bertz CT molecular complexity index is 962. The number of imidazole rings is 1. The molecule has 1 aliphatic rings. The molecule has 27 heavy (non-hydrogen) atoms. The van der Waals surface area contributed by atoms with Crippen LogP contribution in [0.5, 0.6) is 5.88 Å². The lowest BCUT2D eigenvalue weighted by atomic mass is 10.2. The molecular weight excluding hydrogens is 346 g/mol. The van der Waals surface area contributed by atoms with Gasteiger partial charge in [0.1, 0.15) is 11.3 Å². The Morgan fingerprint density at radius 2 is 2.00 bits per heavy atom. The fourth-order valence-corrected chi connectivity index (χ4v) is 3.16. The van der Waals surface area contributed by atoms with Gasteiger partial charge in [-0.15, -0.1) is 10.2 Å². The summed E-state index contributed by atoms with van der Waals surface area (Å²) < 4.78 is 7.11. The van der Waals surface area contributed by atoms with Gasteiger partial charge in [0.05, 0.1) is 12.7 Å². The molecular formula is C18H21N7O2. The fourth-order valence-electron chi connectivity index (χ4n) is 3.16. The van der Waals surface area contributed by atoms with Crippen molar-refractivity contribution in [3.8, 4) is 5.88 Å². The van der Waals surface area contributed by atoms with Crippen molar-refractivity contribution in [1.29, 1.82) is 0 Å². The number of carbonyl (C=O) groups is 1. The first-order valence-electron chi connectivity index (χ1n) is 8.79. The second-order valence-electron chi connectivity index (χ2n) is 6.32. The van der Waals surface area contributed by atoms with Crippen LogP contribution >= 0.6 is 0 Å². The molecule has 9 heteroatoms. The van der Waals surface area contributed by atoms with Gasteiger partial charge in [-0.1, -0.05) is 0 Å². The number of hydrogen-bond donors (Lipinski definition) is 2. The third kappa shape index (κ3) is 3.41. The molecule has 0 aromatic carbocycles. The van der Waals surface area contributed by atoms with E-state index in [4.69, 9.17) is 4.74 Å². The summed E-state index contributed by atoms with van der Waals surface area (Å²) in [4.78, 5) is 19.1. The Morgan fingerprint density at radius 3 is 2.70 bits per heavy atom. The molecule has 0 aliphatic carbocycles. The molecule has 0 saturated carbocycles. The van der Waals surface area contributed by atoms with Gasteiger partial charge in [-0.2, -0.15) is 0 Å². The Labute approximate surface area is 156 Å². The first kappa shape index (κ1) is 17.2. The number of rotatable bonds is 4. The number of carbonyl (C=O) groups excluding carboxylic acids is 1. The maximum atomic E-state index is 12.6. The molecule has 1 fully saturated rings. The van der Waals surface area contributed by atoms with Crippen molar-refractivity contribution in [2.24, 2.45) is 0 Å². The normalized spacial score (nSPS) is 14.4. The maximum Gasteiger partial charge on any atom is 0.258 e. The van der Waals surface area contributed by atoms with Crippen LogP contribution < -0.4 is 20.3 Å². The lowest BCUT2D eigenvalue weighted by Gasteiger charge is -2.27. The van der Waals surface area contributed by atoms with Gasteiger partial charge in [-0.3, -0.25) is 9.20 Å². The van der Waals surface area contributed by atoms with Gasteiger partial charge in [0, 0.05) is 32.4 Å². The second kappa shape index (κ2) is 7.20. The van der Waals surface area contributed by atoms with Gasteiger partial charge in [-0.25, -0.2) is 4.98 Å². The van der Waals surface area contributed by atoms with Crippen molar-refractivity contribution in [1.82, 2.24) is 24.9 Å². The van der Waals surface area contributed by atoms with E-state index in [0.717, 1.165) is 43.3 Å². The number of fused-ring (bicyclic) bond motifs is 1. The predicted molar refractivity (Wildman–Crippen MR) is 102 cm³/mol. The number of nitrogens with zero attached hydrogens (tertiary/aromatic N) is 5. The first-order chi connectivity index (χ1) is 13.2. The van der Waals surface area contributed by atoms with Gasteiger partial charge >= 0.3 is 0 Å². The van der Waals surface area contributed by atoms with Crippen LogP contribution in [0.4, 0.5) is 11.6 Å². The third-order valence-electron chi connectivity index (χ3n) is 4.53. The number of anilines is 2. The van der Waals surface area contributed by atoms with E-state index in [1.54, 1.807) is 35.9 Å². The van der Waals surface area contributed by atoms with Crippen molar-refractivity contribution in [2.75, 3.05) is 43.5 Å². The molecule has 4 heterocycles. The Morgan fingerprint density at radius 1 is 1.19 bits per heavy atom. The minimum atomic E-state index is -0.269. The Kier molecular flexibility index (Phi) is 4.59. The molecule has 1 aliphatic heterocycles. The van der Waals surface area contributed by atoms with E-state index < -0.39 is 0 Å². The number of aryl methyl sites for hydroxylation is 1. The highest BCUT2D eigenvalue weighted by Crippen LogP contribution is 2.20. The minimum absolute atomic E-state index is 0.269. The van der Waals surface area contributed by atoms with E-state index in [-0.39, 0.29) is 5.91 Å². The number of nitrogens with one attached hydrogen (secondary N) is 2. The van der Waals surface area contributed by atoms with Crippen molar-refractivity contribution in [3.63, 3.8) is 0 Å². The van der Waals surface area contributed by atoms with Crippen LogP contribution in [0.1, 0.15) is 16.1 Å². The lowest BCUT2D eigenvalue weighted by Crippen LogP contribution is -2.43. The van der Waals surface area contributed by atoms with Gasteiger partial charge in [0.15, 0.2) is 11.6 Å². The molecule has 0 atom stereocenters. The molecule has 1 saturated heterocycles. The van der Waals surface area contributed by atoms with E-state index in [2.05, 4.69) is 30.7 Å². The van der Waals surface area contributed by atoms with Crippen LogP contribution in [0, 0.1) is 6.92 Å². The zero-order valence-corrected chi connectivity index (χ0v) is 15.3. The average Bonchev–Trinajstić information content (AvgIpc) is 3.03. The molecule has 140 valence electrons. The Hall–Kier alpha value is -3.20. The number of pyridine rings is 1. The quantitative estimate of drug-likeness (QED) is 0.713. The van der Waals surface area contributed by atoms with Crippen molar-refractivity contribution in [3.05, 3.63) is 41.7 Å². The van der Waals surface area contributed by atoms with Crippen LogP contribution in [0.3, 0.4) is 0 Å². The summed E-state index contributed by atoms with van der Waals surface area (Å²) in [6, 6.07) is 7.14. The lowest BCUT2D eigenvalue weighted by molar-refractivity contribution is 0.102. The highest BCUT2D eigenvalue weighted by Gasteiger charge is 2.15. The third-order valence-corrected chi connectivity index (χ3v) is 4.53. The summed E-state index contributed by atoms with van der Waals surface area (Å²) in [5, 5.41) is 14.4. The van der Waals surface area contributed by atoms with E-state index in [1.807, 2.05) is 13.0 Å². The molecule has 0 bridgehead atoms. The standard InChI is InChI=1S/C18H21N7O2/c1-12-18(27-2)25-11-13(3-5-15(25)20-12)17(26)21-14-4-6-16(23-22-14)24-9-7-19-8-10-24/h3-6,11,19H,7-10H2,1-2H3,(H,21,22,26).